The lowest BCUT2D eigenvalue weighted by Crippen LogP contribution is -2.35. The summed E-state index contributed by atoms with van der Waals surface area (Å²) in [6.07, 6.45) is 0. The predicted octanol–water partition coefficient (Wildman–Crippen LogP) is 0.405. The standard InChI is InChI=1S/C12H13N5O5S/c1-7-13-10(16-12(14-7)22-2)15-11(19)17-23(20,21)9-6-4-3-5-8(9)18/h3-6,18H,1-2H3,(H2,13,14,15,16,17,19). The highest BCUT2D eigenvalue weighted by molar-refractivity contribution is 7.90. The number of nitrogens with zero attached hydrogens (tertiary/aromatic N) is 3. The number of phenolic OH excluding ortho intramolecular Hbond substituents is 1. The number of carbonyl (C=O) groups is 1. The van der Waals surface area contributed by atoms with Crippen molar-refractivity contribution >= 4 is 22.0 Å². The minimum Gasteiger partial charge on any atom is -0.507 e. The lowest BCUT2D eigenvalue weighted by atomic mass is 10.3. The highest BCUT2D eigenvalue weighted by Gasteiger charge is 2.21. The van der Waals surface area contributed by atoms with Crippen molar-refractivity contribution < 1.29 is 23.1 Å². The van der Waals surface area contributed by atoms with Crippen LogP contribution < -0.4 is 14.8 Å². The molecule has 0 spiro atoms. The molecule has 3 N–H and O–H groups in total. The lowest BCUT2D eigenvalue weighted by Gasteiger charge is -2.09. The van der Waals surface area contributed by atoms with Gasteiger partial charge in [0.15, 0.2) is 0 Å². The summed E-state index contributed by atoms with van der Waals surface area (Å²) in [7, 11) is -2.92. The second kappa shape index (κ2) is 6.44. The molecule has 0 aliphatic rings. The van der Waals surface area contributed by atoms with Gasteiger partial charge in [0, 0.05) is 0 Å². The van der Waals surface area contributed by atoms with E-state index in [4.69, 9.17) is 4.74 Å². The van der Waals surface area contributed by atoms with Crippen molar-refractivity contribution in [3.05, 3.63) is 30.1 Å². The molecule has 0 saturated heterocycles. The normalized spacial score (nSPS) is 10.9. The molecule has 2 aromatic rings. The molecule has 23 heavy (non-hydrogen) atoms. The summed E-state index contributed by atoms with van der Waals surface area (Å²) in [5.41, 5.74) is 0. The van der Waals surface area contributed by atoms with Crippen molar-refractivity contribution in [2.75, 3.05) is 12.4 Å². The number of phenols is 1. The Bertz CT molecular complexity index is 839. The Morgan fingerprint density at radius 3 is 2.57 bits per heavy atom. The molecular formula is C12H13N5O5S. The fourth-order valence-electron chi connectivity index (χ4n) is 1.59. The number of methoxy groups -OCH3 is 1. The summed E-state index contributed by atoms with van der Waals surface area (Å²) in [6, 6.07) is 4.08. The zero-order valence-electron chi connectivity index (χ0n) is 12.1. The quantitative estimate of drug-likeness (QED) is 0.726. The van der Waals surface area contributed by atoms with Gasteiger partial charge in [-0.05, 0) is 19.1 Å². The third-order valence-electron chi connectivity index (χ3n) is 2.52. The first-order chi connectivity index (χ1) is 10.8. The maximum atomic E-state index is 12.0. The number of anilines is 1. The van der Waals surface area contributed by atoms with Crippen molar-refractivity contribution in [1.82, 2.24) is 19.7 Å². The molecule has 11 heteroatoms. The van der Waals surface area contributed by atoms with E-state index < -0.39 is 26.7 Å². The zero-order valence-corrected chi connectivity index (χ0v) is 13.0. The van der Waals surface area contributed by atoms with Crippen LogP contribution in [0.3, 0.4) is 0 Å². The first-order valence-electron chi connectivity index (χ1n) is 6.20. The number of ether oxygens (including phenoxy) is 1. The Labute approximate surface area is 131 Å². The molecular weight excluding hydrogens is 326 g/mol. The number of hydrogen-bond donors (Lipinski definition) is 3. The smallest absolute Gasteiger partial charge is 0.335 e. The lowest BCUT2D eigenvalue weighted by molar-refractivity contribution is 0.256. The second-order valence-electron chi connectivity index (χ2n) is 4.22. The van der Waals surface area contributed by atoms with Crippen LogP contribution in [-0.4, -0.2) is 41.6 Å². The molecule has 0 radical (unpaired) electrons. The van der Waals surface area contributed by atoms with Crippen molar-refractivity contribution in [3.8, 4) is 11.8 Å². The number of nitrogens with one attached hydrogen (secondary N) is 2. The summed E-state index contributed by atoms with van der Waals surface area (Å²) in [5.74, 6) is -0.388. The van der Waals surface area contributed by atoms with Gasteiger partial charge in [-0.2, -0.15) is 15.0 Å². The molecule has 122 valence electrons. The molecule has 0 atom stereocenters. The molecule has 1 aromatic heterocycles. The molecule has 2 amide bonds. The molecule has 0 aliphatic carbocycles. The van der Waals surface area contributed by atoms with Crippen molar-refractivity contribution in [3.63, 3.8) is 0 Å². The number of sulfonamides is 1. The Hall–Kier alpha value is -2.95. The minimum absolute atomic E-state index is 0.0311. The molecule has 1 heterocycles. The fraction of sp³-hybridized carbons (Fsp3) is 0.167. The van der Waals surface area contributed by atoms with Crippen LogP contribution in [0.1, 0.15) is 5.82 Å². The average Bonchev–Trinajstić information content (AvgIpc) is 2.46. The van der Waals surface area contributed by atoms with Crippen LogP contribution in [0, 0.1) is 6.92 Å². The number of aryl methyl sites for hydroxylation is 1. The van der Waals surface area contributed by atoms with Crippen LogP contribution >= 0.6 is 0 Å². The van der Waals surface area contributed by atoms with E-state index in [-0.39, 0.29) is 17.8 Å². The van der Waals surface area contributed by atoms with Crippen molar-refractivity contribution in [2.45, 2.75) is 11.8 Å². The van der Waals surface area contributed by atoms with E-state index in [1.54, 1.807) is 11.6 Å². The van der Waals surface area contributed by atoms with Gasteiger partial charge in [-0.25, -0.2) is 17.9 Å². The first kappa shape index (κ1) is 16.4. The van der Waals surface area contributed by atoms with E-state index in [0.29, 0.717) is 0 Å². The van der Waals surface area contributed by atoms with E-state index in [1.807, 2.05) is 0 Å². The van der Waals surface area contributed by atoms with E-state index in [2.05, 4.69) is 20.3 Å². The maximum Gasteiger partial charge on any atom is 0.335 e. The van der Waals surface area contributed by atoms with Gasteiger partial charge in [-0.1, -0.05) is 12.1 Å². The van der Waals surface area contributed by atoms with Crippen LogP contribution in [-0.2, 0) is 10.0 Å². The highest BCUT2D eigenvalue weighted by Crippen LogP contribution is 2.21. The van der Waals surface area contributed by atoms with Crippen LogP contribution in [0.2, 0.25) is 0 Å². The van der Waals surface area contributed by atoms with E-state index in [1.165, 1.54) is 25.3 Å². The molecule has 0 fully saturated rings. The Morgan fingerprint density at radius 1 is 1.22 bits per heavy atom. The van der Waals surface area contributed by atoms with Crippen LogP contribution in [0.4, 0.5) is 10.7 Å². The maximum absolute atomic E-state index is 12.0. The molecule has 0 unspecified atom stereocenters. The van der Waals surface area contributed by atoms with Crippen LogP contribution in [0.15, 0.2) is 29.2 Å². The van der Waals surface area contributed by atoms with Crippen LogP contribution in [0.25, 0.3) is 0 Å². The molecule has 0 saturated carbocycles. The number of aromatic hydroxyl groups is 1. The molecule has 10 nitrogen and oxygen atoms in total. The third-order valence-corrected chi connectivity index (χ3v) is 3.89. The number of amides is 2. The zero-order chi connectivity index (χ0) is 17.0. The van der Waals surface area contributed by atoms with Gasteiger partial charge in [0.2, 0.25) is 5.95 Å². The molecule has 0 aliphatic heterocycles. The fourth-order valence-corrected chi connectivity index (χ4v) is 2.60. The number of hydrogen-bond acceptors (Lipinski definition) is 8. The second-order valence-corrected chi connectivity index (χ2v) is 5.87. The van der Waals surface area contributed by atoms with Gasteiger partial charge >= 0.3 is 12.0 Å². The number of benzene rings is 1. The number of rotatable bonds is 4. The van der Waals surface area contributed by atoms with E-state index >= 15 is 0 Å². The summed E-state index contributed by atoms with van der Waals surface area (Å²) in [5, 5.41) is 11.7. The molecule has 1 aromatic carbocycles. The Balaban J connectivity index is 2.16. The van der Waals surface area contributed by atoms with Crippen LogP contribution in [0.5, 0.6) is 11.8 Å². The third kappa shape index (κ3) is 4.03. The average molecular weight is 339 g/mol. The number of aromatic nitrogens is 3. The monoisotopic (exact) mass is 339 g/mol. The Morgan fingerprint density at radius 2 is 1.91 bits per heavy atom. The van der Waals surface area contributed by atoms with E-state index in [9.17, 15) is 18.3 Å². The van der Waals surface area contributed by atoms with Crippen molar-refractivity contribution in [2.24, 2.45) is 0 Å². The molecule has 0 bridgehead atoms. The number of carbonyl (C=O) groups excluding carboxylic acids is 1. The van der Waals surface area contributed by atoms with Gasteiger partial charge in [-0.3, -0.25) is 5.32 Å². The SMILES string of the molecule is COc1nc(C)nc(NC(=O)NS(=O)(=O)c2ccccc2O)n1. The van der Waals surface area contributed by atoms with E-state index in [0.717, 1.165) is 6.07 Å². The summed E-state index contributed by atoms with van der Waals surface area (Å²) in [6.45, 7) is 1.55. The number of para-hydroxylation sites is 1. The predicted molar refractivity (Wildman–Crippen MR) is 78.6 cm³/mol. The van der Waals surface area contributed by atoms with Gasteiger partial charge < -0.3 is 9.84 Å². The number of urea groups is 1. The summed E-state index contributed by atoms with van der Waals surface area (Å²) >= 11 is 0. The summed E-state index contributed by atoms with van der Waals surface area (Å²) in [4.78, 5) is 22.8. The minimum atomic E-state index is -4.25. The van der Waals surface area contributed by atoms with Gasteiger partial charge in [0.1, 0.15) is 16.5 Å². The van der Waals surface area contributed by atoms with Crippen molar-refractivity contribution in [1.29, 1.82) is 0 Å². The van der Waals surface area contributed by atoms with Gasteiger partial charge in [0.25, 0.3) is 10.0 Å². The molecule has 2 rings (SSSR count). The topological polar surface area (TPSA) is 143 Å². The largest absolute Gasteiger partial charge is 0.507 e. The summed E-state index contributed by atoms with van der Waals surface area (Å²) < 4.78 is 30.6. The Kier molecular flexibility index (Phi) is 4.60. The highest BCUT2D eigenvalue weighted by atomic mass is 32.2. The van der Waals surface area contributed by atoms with Gasteiger partial charge in [-0.15, -0.1) is 0 Å². The van der Waals surface area contributed by atoms with Gasteiger partial charge in [0.05, 0.1) is 7.11 Å². The first-order valence-corrected chi connectivity index (χ1v) is 7.68.